The number of aryl methyl sites for hydroxylation is 1. The van der Waals surface area contributed by atoms with Crippen molar-refractivity contribution in [3.8, 4) is 11.4 Å². The first kappa shape index (κ1) is 19.5. The van der Waals surface area contributed by atoms with E-state index in [1.165, 1.54) is 7.05 Å². The normalized spacial score (nSPS) is 13.0. The van der Waals surface area contributed by atoms with E-state index in [1.54, 1.807) is 17.1 Å². The molecule has 4 rings (SSSR count). The number of rotatable bonds is 6. The Morgan fingerprint density at radius 3 is 2.63 bits per heavy atom. The molecule has 0 spiro atoms. The van der Waals surface area contributed by atoms with E-state index in [1.807, 2.05) is 32.2 Å². The topological polar surface area (TPSA) is 127 Å². The van der Waals surface area contributed by atoms with Gasteiger partial charge in [0, 0.05) is 37.3 Å². The first-order chi connectivity index (χ1) is 14.5. The molecule has 1 saturated carbocycles. The first-order valence-electron chi connectivity index (χ1n) is 9.59. The van der Waals surface area contributed by atoms with Gasteiger partial charge in [0.1, 0.15) is 6.33 Å². The van der Waals surface area contributed by atoms with Gasteiger partial charge in [-0.1, -0.05) is 12.1 Å². The molecule has 3 N–H and O–H groups in total. The molecule has 0 radical (unpaired) electrons. The largest absolute Gasteiger partial charge is 0.354 e. The van der Waals surface area contributed by atoms with E-state index in [0.29, 0.717) is 17.3 Å². The Morgan fingerprint density at radius 2 is 1.97 bits per heavy atom. The minimum atomic E-state index is -0.384. The van der Waals surface area contributed by atoms with E-state index in [4.69, 9.17) is 0 Å². The Hall–Kier alpha value is -3.82. The van der Waals surface area contributed by atoms with E-state index in [2.05, 4.69) is 36.2 Å². The Bertz CT molecular complexity index is 1120. The average molecular weight is 406 g/mol. The van der Waals surface area contributed by atoms with Gasteiger partial charge in [0.2, 0.25) is 5.91 Å². The summed E-state index contributed by atoms with van der Waals surface area (Å²) in [5.41, 5.74) is 3.10. The van der Waals surface area contributed by atoms with Crippen molar-refractivity contribution < 1.29 is 9.59 Å². The maximum atomic E-state index is 12.3. The fourth-order valence-corrected chi connectivity index (χ4v) is 3.03. The zero-order valence-corrected chi connectivity index (χ0v) is 16.9. The number of anilines is 3. The van der Waals surface area contributed by atoms with E-state index in [-0.39, 0.29) is 23.4 Å². The molecule has 2 aromatic heterocycles. The maximum absolute atomic E-state index is 12.3. The summed E-state index contributed by atoms with van der Waals surface area (Å²) >= 11 is 0. The molecule has 0 saturated heterocycles. The number of aromatic nitrogens is 5. The van der Waals surface area contributed by atoms with E-state index in [9.17, 15) is 9.59 Å². The van der Waals surface area contributed by atoms with Gasteiger partial charge < -0.3 is 16.0 Å². The molecule has 1 aliphatic carbocycles. The summed E-state index contributed by atoms with van der Waals surface area (Å²) < 4.78 is 1.64. The molecule has 1 aromatic carbocycles. The van der Waals surface area contributed by atoms with E-state index < -0.39 is 0 Å². The molecular weight excluding hydrogens is 384 g/mol. The smallest absolute Gasteiger partial charge is 0.273 e. The predicted molar refractivity (Wildman–Crippen MR) is 111 cm³/mol. The van der Waals surface area contributed by atoms with Crippen LogP contribution in [-0.2, 0) is 11.8 Å². The van der Waals surface area contributed by atoms with Gasteiger partial charge in [-0.25, -0.2) is 4.98 Å². The highest BCUT2D eigenvalue weighted by molar-refractivity contribution is 5.99. The van der Waals surface area contributed by atoms with Crippen molar-refractivity contribution >= 4 is 29.0 Å². The molecule has 1 fully saturated rings. The Kier molecular flexibility index (Phi) is 5.13. The van der Waals surface area contributed by atoms with Crippen LogP contribution in [0.1, 0.15) is 28.9 Å². The number of carbonyl (C=O) groups is 2. The van der Waals surface area contributed by atoms with Crippen LogP contribution in [0.25, 0.3) is 11.4 Å². The summed E-state index contributed by atoms with van der Waals surface area (Å²) in [5.74, 6) is 0.469. The van der Waals surface area contributed by atoms with Gasteiger partial charge >= 0.3 is 0 Å². The number of hydrogen-bond donors (Lipinski definition) is 3. The molecule has 1 aliphatic rings. The van der Waals surface area contributed by atoms with E-state index >= 15 is 0 Å². The lowest BCUT2D eigenvalue weighted by atomic mass is 10.1. The van der Waals surface area contributed by atoms with Gasteiger partial charge in [-0.05, 0) is 31.4 Å². The molecule has 2 heterocycles. The second-order valence-corrected chi connectivity index (χ2v) is 7.18. The third-order valence-electron chi connectivity index (χ3n) is 4.88. The third kappa shape index (κ3) is 3.97. The lowest BCUT2D eigenvalue weighted by Gasteiger charge is -2.15. The van der Waals surface area contributed by atoms with Crippen molar-refractivity contribution in [2.24, 2.45) is 13.0 Å². The number of amides is 2. The predicted octanol–water partition coefficient (Wildman–Crippen LogP) is 2.03. The van der Waals surface area contributed by atoms with Crippen molar-refractivity contribution in [3.05, 3.63) is 41.9 Å². The summed E-state index contributed by atoms with van der Waals surface area (Å²) in [4.78, 5) is 28.7. The maximum Gasteiger partial charge on any atom is 0.273 e. The van der Waals surface area contributed by atoms with Gasteiger partial charge in [0.15, 0.2) is 17.3 Å². The molecular formula is C20H22N8O2. The van der Waals surface area contributed by atoms with Crippen LogP contribution in [-0.4, -0.2) is 43.8 Å². The molecule has 2 amide bonds. The van der Waals surface area contributed by atoms with Crippen molar-refractivity contribution in [3.63, 3.8) is 0 Å². The Labute approximate surface area is 173 Å². The number of hydrogen-bond acceptors (Lipinski definition) is 7. The van der Waals surface area contributed by atoms with Crippen LogP contribution >= 0.6 is 0 Å². The van der Waals surface area contributed by atoms with Gasteiger partial charge in [0.05, 0.1) is 5.69 Å². The summed E-state index contributed by atoms with van der Waals surface area (Å²) in [6.07, 6.45) is 3.41. The molecule has 0 bridgehead atoms. The SMILES string of the molecule is CNC(=O)c1nnc(NC(=O)C2CC2)cc1Nc1cccc(-c2ncn(C)n2)c1C. The summed E-state index contributed by atoms with van der Waals surface area (Å²) in [5, 5.41) is 20.9. The number of carbonyl (C=O) groups excluding carboxylic acids is 2. The Morgan fingerprint density at radius 1 is 1.17 bits per heavy atom. The van der Waals surface area contributed by atoms with Crippen LogP contribution in [0.3, 0.4) is 0 Å². The lowest BCUT2D eigenvalue weighted by molar-refractivity contribution is -0.117. The Balaban J connectivity index is 1.68. The number of nitrogens with one attached hydrogen (secondary N) is 3. The van der Waals surface area contributed by atoms with Gasteiger partial charge in [0.25, 0.3) is 5.91 Å². The van der Waals surface area contributed by atoms with Crippen molar-refractivity contribution in [2.45, 2.75) is 19.8 Å². The monoisotopic (exact) mass is 406 g/mol. The third-order valence-corrected chi connectivity index (χ3v) is 4.88. The second kappa shape index (κ2) is 7.90. The first-order valence-corrected chi connectivity index (χ1v) is 9.59. The minimum Gasteiger partial charge on any atom is -0.354 e. The van der Waals surface area contributed by atoms with Crippen LogP contribution in [0.4, 0.5) is 17.2 Å². The fourth-order valence-electron chi connectivity index (χ4n) is 3.03. The van der Waals surface area contributed by atoms with Crippen molar-refractivity contribution in [1.82, 2.24) is 30.3 Å². The van der Waals surface area contributed by atoms with Crippen molar-refractivity contribution in [1.29, 1.82) is 0 Å². The number of benzene rings is 1. The highest BCUT2D eigenvalue weighted by atomic mass is 16.2. The molecule has 30 heavy (non-hydrogen) atoms. The summed E-state index contributed by atoms with van der Waals surface area (Å²) in [6.45, 7) is 1.94. The molecule has 154 valence electrons. The van der Waals surface area contributed by atoms with Crippen LogP contribution in [0.15, 0.2) is 30.6 Å². The lowest BCUT2D eigenvalue weighted by Crippen LogP contribution is -2.22. The highest BCUT2D eigenvalue weighted by Crippen LogP contribution is 2.32. The molecule has 10 nitrogen and oxygen atoms in total. The van der Waals surface area contributed by atoms with Crippen molar-refractivity contribution in [2.75, 3.05) is 17.7 Å². The average Bonchev–Trinajstić information content (AvgIpc) is 3.50. The highest BCUT2D eigenvalue weighted by Gasteiger charge is 2.30. The zero-order valence-electron chi connectivity index (χ0n) is 16.9. The van der Waals surface area contributed by atoms with Gasteiger partial charge in [-0.2, -0.15) is 5.10 Å². The standard InChI is InChI=1S/C20H22N8O2/c1-11-13(18-22-10-28(3)27-18)5-4-6-14(11)23-15-9-16(24-19(29)12-7-8-12)25-26-17(15)20(30)21-2/h4-6,9-10,12H,7-8H2,1-3H3,(H,21,30)(H2,23,24,25,29). The van der Waals surface area contributed by atoms with Gasteiger partial charge in [-0.15, -0.1) is 10.2 Å². The summed E-state index contributed by atoms with van der Waals surface area (Å²) in [6, 6.07) is 7.31. The van der Waals surface area contributed by atoms with Crippen LogP contribution in [0.2, 0.25) is 0 Å². The molecule has 0 unspecified atom stereocenters. The number of nitrogens with zero attached hydrogens (tertiary/aromatic N) is 5. The summed E-state index contributed by atoms with van der Waals surface area (Å²) in [7, 11) is 3.33. The molecule has 3 aromatic rings. The van der Waals surface area contributed by atoms with Gasteiger partial charge in [-0.3, -0.25) is 14.3 Å². The minimum absolute atomic E-state index is 0.0339. The molecule has 0 aliphatic heterocycles. The zero-order chi connectivity index (χ0) is 21.3. The second-order valence-electron chi connectivity index (χ2n) is 7.18. The van der Waals surface area contributed by atoms with E-state index in [0.717, 1.165) is 29.7 Å². The fraction of sp³-hybridized carbons (Fsp3) is 0.300. The molecule has 10 heteroatoms. The van der Waals surface area contributed by atoms with Crippen LogP contribution < -0.4 is 16.0 Å². The molecule has 0 atom stereocenters. The van der Waals surface area contributed by atoms with Crippen LogP contribution in [0.5, 0.6) is 0 Å². The van der Waals surface area contributed by atoms with Crippen LogP contribution in [0, 0.1) is 12.8 Å². The quantitative estimate of drug-likeness (QED) is 0.572.